The van der Waals surface area contributed by atoms with E-state index in [0.717, 1.165) is 11.0 Å². The van der Waals surface area contributed by atoms with Gasteiger partial charge in [0.25, 0.3) is 5.92 Å². The number of likely N-dealkylation sites (tertiary alicyclic amines) is 1. The fraction of sp³-hybridized carbons (Fsp3) is 0.462. The molecule has 0 saturated carbocycles. The van der Waals surface area contributed by atoms with E-state index in [-0.39, 0.29) is 28.9 Å². The molecule has 128 valence electrons. The molecule has 0 spiro atoms. The van der Waals surface area contributed by atoms with Crippen molar-refractivity contribution in [3.05, 3.63) is 27.2 Å². The van der Waals surface area contributed by atoms with Crippen LogP contribution < -0.4 is 5.32 Å². The maximum Gasteiger partial charge on any atom is 0.418 e. The SMILES string of the molecule is O=C(Nc1c(Cl)cc(Br)cc1C(F)(F)F)N1CCCC(F)(F)C1. The number of halogens is 7. The average molecular weight is 422 g/mol. The zero-order valence-corrected chi connectivity index (χ0v) is 13.8. The maximum absolute atomic E-state index is 13.3. The second kappa shape index (κ2) is 6.43. The molecular weight excluding hydrogens is 411 g/mol. The lowest BCUT2D eigenvalue weighted by atomic mass is 10.1. The Kier molecular flexibility index (Phi) is 5.10. The van der Waals surface area contributed by atoms with Crippen molar-refractivity contribution >= 4 is 39.2 Å². The molecule has 1 aliphatic heterocycles. The van der Waals surface area contributed by atoms with Crippen LogP contribution in [0.4, 0.5) is 32.4 Å². The average Bonchev–Trinajstić information content (AvgIpc) is 2.39. The number of benzene rings is 1. The van der Waals surface area contributed by atoms with Crippen molar-refractivity contribution in [1.29, 1.82) is 0 Å². The number of nitrogens with one attached hydrogen (secondary N) is 1. The molecular formula is C13H11BrClF5N2O. The quantitative estimate of drug-likeness (QED) is 0.606. The summed E-state index contributed by atoms with van der Waals surface area (Å²) in [5, 5.41) is 1.66. The maximum atomic E-state index is 13.3. The van der Waals surface area contributed by atoms with E-state index >= 15 is 0 Å². The number of hydrogen-bond donors (Lipinski definition) is 1. The first-order valence-corrected chi connectivity index (χ1v) is 7.67. The molecule has 1 fully saturated rings. The predicted octanol–water partition coefficient (Wildman–Crippen LogP) is 5.38. The third kappa shape index (κ3) is 4.47. The van der Waals surface area contributed by atoms with Gasteiger partial charge in [0.05, 0.1) is 22.8 Å². The van der Waals surface area contributed by atoms with Crippen molar-refractivity contribution in [2.24, 2.45) is 0 Å². The highest BCUT2D eigenvalue weighted by atomic mass is 79.9. The van der Waals surface area contributed by atoms with Crippen LogP contribution in [0.3, 0.4) is 0 Å². The topological polar surface area (TPSA) is 32.3 Å². The van der Waals surface area contributed by atoms with Gasteiger partial charge in [-0.1, -0.05) is 27.5 Å². The Labute approximate surface area is 141 Å². The smallest absolute Gasteiger partial charge is 0.318 e. The Balaban J connectivity index is 2.27. The number of anilines is 1. The van der Waals surface area contributed by atoms with Crippen molar-refractivity contribution in [3.63, 3.8) is 0 Å². The summed E-state index contributed by atoms with van der Waals surface area (Å²) in [6.45, 7) is -0.800. The Morgan fingerprint density at radius 1 is 1.35 bits per heavy atom. The van der Waals surface area contributed by atoms with E-state index in [2.05, 4.69) is 15.9 Å². The van der Waals surface area contributed by atoms with E-state index in [0.29, 0.717) is 0 Å². The Morgan fingerprint density at radius 3 is 2.57 bits per heavy atom. The lowest BCUT2D eigenvalue weighted by Gasteiger charge is -2.32. The van der Waals surface area contributed by atoms with Gasteiger partial charge in [-0.25, -0.2) is 13.6 Å². The van der Waals surface area contributed by atoms with Crippen molar-refractivity contribution in [1.82, 2.24) is 4.90 Å². The van der Waals surface area contributed by atoms with Gasteiger partial charge in [0.15, 0.2) is 0 Å². The van der Waals surface area contributed by atoms with E-state index in [4.69, 9.17) is 11.6 Å². The molecule has 0 radical (unpaired) electrons. The largest absolute Gasteiger partial charge is 0.418 e. The van der Waals surface area contributed by atoms with Gasteiger partial charge >= 0.3 is 12.2 Å². The van der Waals surface area contributed by atoms with Crippen LogP contribution in [0.2, 0.25) is 5.02 Å². The van der Waals surface area contributed by atoms with Crippen LogP contribution in [0.1, 0.15) is 18.4 Å². The molecule has 0 unspecified atom stereocenters. The molecule has 1 aliphatic rings. The summed E-state index contributed by atoms with van der Waals surface area (Å²) >= 11 is 8.66. The minimum absolute atomic E-state index is 0.0386. The molecule has 23 heavy (non-hydrogen) atoms. The molecule has 10 heteroatoms. The summed E-state index contributed by atoms with van der Waals surface area (Å²) in [6, 6.07) is 0.892. The highest BCUT2D eigenvalue weighted by Gasteiger charge is 2.39. The van der Waals surface area contributed by atoms with Gasteiger partial charge in [-0.15, -0.1) is 0 Å². The number of rotatable bonds is 1. The van der Waals surface area contributed by atoms with Crippen LogP contribution in [0.25, 0.3) is 0 Å². The molecule has 0 aromatic heterocycles. The third-order valence-electron chi connectivity index (χ3n) is 3.27. The molecule has 0 bridgehead atoms. The van der Waals surface area contributed by atoms with Crippen molar-refractivity contribution in [3.8, 4) is 0 Å². The van der Waals surface area contributed by atoms with E-state index in [1.165, 1.54) is 6.07 Å². The molecule has 2 rings (SSSR count). The van der Waals surface area contributed by atoms with Gasteiger partial charge in [-0.2, -0.15) is 13.2 Å². The van der Waals surface area contributed by atoms with E-state index in [1.54, 1.807) is 0 Å². The summed E-state index contributed by atoms with van der Waals surface area (Å²) in [6.07, 6.45) is -5.05. The first-order valence-electron chi connectivity index (χ1n) is 6.49. The Morgan fingerprint density at radius 2 is 2.00 bits per heavy atom. The normalized spacial score (nSPS) is 18.0. The molecule has 1 saturated heterocycles. The Hall–Kier alpha value is -1.09. The number of alkyl halides is 5. The highest BCUT2D eigenvalue weighted by molar-refractivity contribution is 9.10. The lowest BCUT2D eigenvalue weighted by molar-refractivity contribution is -0.137. The number of amides is 2. The number of hydrogen-bond acceptors (Lipinski definition) is 1. The van der Waals surface area contributed by atoms with Gasteiger partial charge in [0, 0.05) is 17.4 Å². The molecule has 1 heterocycles. The molecule has 1 aromatic carbocycles. The van der Waals surface area contributed by atoms with E-state index in [1.807, 2.05) is 5.32 Å². The van der Waals surface area contributed by atoms with Crippen molar-refractivity contribution in [2.45, 2.75) is 24.9 Å². The van der Waals surface area contributed by atoms with Crippen molar-refractivity contribution < 1.29 is 26.7 Å². The second-order valence-electron chi connectivity index (χ2n) is 5.12. The highest BCUT2D eigenvalue weighted by Crippen LogP contribution is 2.41. The first kappa shape index (κ1) is 18.3. The molecule has 1 N–H and O–H groups in total. The molecule has 0 atom stereocenters. The van der Waals surface area contributed by atoms with E-state index < -0.39 is 35.9 Å². The standard InChI is InChI=1S/C13H11BrClF5N2O/c14-7-4-8(13(18,19)20)10(9(15)5-7)21-11(23)22-3-1-2-12(16,17)6-22/h4-5H,1-3,6H2,(H,21,23). The summed E-state index contributed by atoms with van der Waals surface area (Å²) in [4.78, 5) is 12.8. The molecule has 0 aliphatic carbocycles. The third-order valence-corrected chi connectivity index (χ3v) is 4.03. The number of urea groups is 1. The summed E-state index contributed by atoms with van der Waals surface area (Å²) < 4.78 is 65.9. The van der Waals surface area contributed by atoms with Gasteiger partial charge in [0.2, 0.25) is 0 Å². The van der Waals surface area contributed by atoms with Crippen LogP contribution in [-0.2, 0) is 6.18 Å². The zero-order valence-electron chi connectivity index (χ0n) is 11.5. The van der Waals surface area contributed by atoms with Crippen LogP contribution in [-0.4, -0.2) is 29.9 Å². The minimum Gasteiger partial charge on any atom is -0.318 e. The van der Waals surface area contributed by atoms with Crippen LogP contribution >= 0.6 is 27.5 Å². The van der Waals surface area contributed by atoms with Gasteiger partial charge in [-0.3, -0.25) is 0 Å². The van der Waals surface area contributed by atoms with E-state index in [9.17, 15) is 26.7 Å². The van der Waals surface area contributed by atoms with Crippen LogP contribution in [0.15, 0.2) is 16.6 Å². The van der Waals surface area contributed by atoms with Crippen LogP contribution in [0, 0.1) is 0 Å². The minimum atomic E-state index is -4.76. The molecule has 1 aromatic rings. The zero-order chi connectivity index (χ0) is 17.4. The molecule has 3 nitrogen and oxygen atoms in total. The summed E-state index contributed by atoms with van der Waals surface area (Å²) in [7, 11) is 0. The first-order chi connectivity index (χ1) is 10.5. The summed E-state index contributed by atoms with van der Waals surface area (Å²) in [5.74, 6) is -3.05. The second-order valence-corrected chi connectivity index (χ2v) is 6.44. The lowest BCUT2D eigenvalue weighted by Crippen LogP contribution is -2.47. The number of carbonyl (C=O) groups excluding carboxylic acids is 1. The molecule has 2 amide bonds. The number of carbonyl (C=O) groups is 1. The fourth-order valence-electron chi connectivity index (χ4n) is 2.25. The monoisotopic (exact) mass is 420 g/mol. The predicted molar refractivity (Wildman–Crippen MR) is 78.9 cm³/mol. The van der Waals surface area contributed by atoms with Gasteiger partial charge < -0.3 is 10.2 Å². The number of nitrogens with zero attached hydrogens (tertiary/aromatic N) is 1. The van der Waals surface area contributed by atoms with Crippen LogP contribution in [0.5, 0.6) is 0 Å². The number of piperidine rings is 1. The van der Waals surface area contributed by atoms with Gasteiger partial charge in [-0.05, 0) is 18.6 Å². The van der Waals surface area contributed by atoms with Gasteiger partial charge in [0.1, 0.15) is 0 Å². The Bertz CT molecular complexity index is 623. The van der Waals surface area contributed by atoms with Crippen molar-refractivity contribution in [2.75, 3.05) is 18.4 Å². The fourth-order valence-corrected chi connectivity index (χ4v) is 3.11. The summed E-state index contributed by atoms with van der Waals surface area (Å²) in [5.41, 5.74) is -1.81.